The van der Waals surface area contributed by atoms with Crippen LogP contribution in [-0.4, -0.2) is 8.42 Å². The lowest BCUT2D eigenvalue weighted by Gasteiger charge is -2.08. The molecule has 2 aromatic rings. The SMILES string of the molecule is Cc1cccc(CS(=O)(=O)c2ccc(Br)cc2N)c1. The summed E-state index contributed by atoms with van der Waals surface area (Å²) < 4.78 is 25.5. The third-order valence-corrected chi connectivity index (χ3v) is 4.99. The maximum absolute atomic E-state index is 12.3. The molecule has 0 fully saturated rings. The Bertz CT molecular complexity index is 711. The number of nitrogen functional groups attached to an aromatic ring is 1. The molecular weight excluding hydrogens is 326 g/mol. The van der Waals surface area contributed by atoms with Crippen LogP contribution in [0.15, 0.2) is 51.8 Å². The van der Waals surface area contributed by atoms with E-state index in [-0.39, 0.29) is 16.3 Å². The van der Waals surface area contributed by atoms with Crippen molar-refractivity contribution in [2.75, 3.05) is 5.73 Å². The molecule has 0 saturated carbocycles. The third kappa shape index (κ3) is 3.36. The quantitative estimate of drug-likeness (QED) is 0.872. The molecule has 0 unspecified atom stereocenters. The van der Waals surface area contributed by atoms with Gasteiger partial charge in [0.2, 0.25) is 0 Å². The fourth-order valence-electron chi connectivity index (χ4n) is 1.90. The molecule has 0 bridgehead atoms. The van der Waals surface area contributed by atoms with Gasteiger partial charge in [-0.15, -0.1) is 0 Å². The minimum absolute atomic E-state index is 0.0412. The maximum Gasteiger partial charge on any atom is 0.184 e. The summed E-state index contributed by atoms with van der Waals surface area (Å²) in [5, 5.41) is 0. The molecule has 0 atom stereocenters. The Kier molecular flexibility index (Phi) is 3.96. The van der Waals surface area contributed by atoms with E-state index in [0.717, 1.165) is 15.6 Å². The molecule has 0 saturated heterocycles. The molecule has 0 radical (unpaired) electrons. The fraction of sp³-hybridized carbons (Fsp3) is 0.143. The number of hydrogen-bond donors (Lipinski definition) is 1. The van der Waals surface area contributed by atoms with Crippen LogP contribution in [0.4, 0.5) is 5.69 Å². The molecule has 0 aliphatic carbocycles. The molecule has 5 heteroatoms. The number of nitrogens with two attached hydrogens (primary N) is 1. The highest BCUT2D eigenvalue weighted by Crippen LogP contribution is 2.25. The van der Waals surface area contributed by atoms with Gasteiger partial charge in [0.1, 0.15) is 0 Å². The van der Waals surface area contributed by atoms with Crippen LogP contribution in [0.25, 0.3) is 0 Å². The molecule has 0 heterocycles. The lowest BCUT2D eigenvalue weighted by atomic mass is 10.2. The molecular formula is C14H14BrNO2S. The molecule has 0 spiro atoms. The summed E-state index contributed by atoms with van der Waals surface area (Å²) in [4.78, 5) is 0.178. The van der Waals surface area contributed by atoms with Crippen LogP contribution in [-0.2, 0) is 15.6 Å². The van der Waals surface area contributed by atoms with E-state index in [9.17, 15) is 8.42 Å². The molecule has 3 nitrogen and oxygen atoms in total. The molecule has 2 aromatic carbocycles. The van der Waals surface area contributed by atoms with Crippen molar-refractivity contribution in [3.63, 3.8) is 0 Å². The van der Waals surface area contributed by atoms with Crippen LogP contribution in [0.3, 0.4) is 0 Å². The Hall–Kier alpha value is -1.33. The molecule has 100 valence electrons. The molecule has 0 aliphatic heterocycles. The Balaban J connectivity index is 2.38. The largest absolute Gasteiger partial charge is 0.398 e. The summed E-state index contributed by atoms with van der Waals surface area (Å²) in [6.07, 6.45) is 0. The second kappa shape index (κ2) is 5.35. The summed E-state index contributed by atoms with van der Waals surface area (Å²) in [7, 11) is -3.42. The van der Waals surface area contributed by atoms with Crippen molar-refractivity contribution in [3.8, 4) is 0 Å². The van der Waals surface area contributed by atoms with Crippen molar-refractivity contribution in [1.82, 2.24) is 0 Å². The van der Waals surface area contributed by atoms with Gasteiger partial charge in [-0.2, -0.15) is 0 Å². The Morgan fingerprint density at radius 3 is 2.53 bits per heavy atom. The molecule has 0 aliphatic rings. The number of aryl methyl sites for hydroxylation is 1. The van der Waals surface area contributed by atoms with Crippen molar-refractivity contribution in [2.45, 2.75) is 17.6 Å². The number of hydrogen-bond acceptors (Lipinski definition) is 3. The Labute approximate surface area is 121 Å². The van der Waals surface area contributed by atoms with Crippen molar-refractivity contribution in [3.05, 3.63) is 58.1 Å². The predicted molar refractivity (Wildman–Crippen MR) is 80.6 cm³/mol. The van der Waals surface area contributed by atoms with Crippen LogP contribution in [0.1, 0.15) is 11.1 Å². The van der Waals surface area contributed by atoms with Gasteiger partial charge >= 0.3 is 0 Å². The topological polar surface area (TPSA) is 60.2 Å². The Morgan fingerprint density at radius 2 is 1.89 bits per heavy atom. The zero-order valence-corrected chi connectivity index (χ0v) is 12.8. The van der Waals surface area contributed by atoms with E-state index in [0.29, 0.717) is 0 Å². The van der Waals surface area contributed by atoms with Crippen molar-refractivity contribution in [1.29, 1.82) is 0 Å². The minimum atomic E-state index is -3.42. The van der Waals surface area contributed by atoms with Crippen LogP contribution >= 0.6 is 15.9 Å². The van der Waals surface area contributed by atoms with Crippen LogP contribution < -0.4 is 5.73 Å². The maximum atomic E-state index is 12.3. The second-order valence-electron chi connectivity index (χ2n) is 4.43. The first kappa shape index (κ1) is 14.1. The molecule has 2 rings (SSSR count). The second-order valence-corrected chi connectivity index (χ2v) is 7.30. The van der Waals surface area contributed by atoms with E-state index in [2.05, 4.69) is 15.9 Å². The highest BCUT2D eigenvalue weighted by atomic mass is 79.9. The van der Waals surface area contributed by atoms with Crippen LogP contribution in [0.5, 0.6) is 0 Å². The third-order valence-electron chi connectivity index (χ3n) is 2.75. The summed E-state index contributed by atoms with van der Waals surface area (Å²) in [6.45, 7) is 1.93. The van der Waals surface area contributed by atoms with Crippen LogP contribution in [0, 0.1) is 6.92 Å². The normalized spacial score (nSPS) is 11.5. The Morgan fingerprint density at radius 1 is 1.16 bits per heavy atom. The number of halogens is 1. The predicted octanol–water partition coefficient (Wildman–Crippen LogP) is 3.31. The van der Waals surface area contributed by atoms with Crippen molar-refractivity contribution < 1.29 is 8.42 Å². The summed E-state index contributed by atoms with van der Waals surface area (Å²) in [5.41, 5.74) is 7.85. The number of benzene rings is 2. The highest BCUT2D eigenvalue weighted by Gasteiger charge is 2.18. The van der Waals surface area contributed by atoms with E-state index < -0.39 is 9.84 Å². The smallest absolute Gasteiger partial charge is 0.184 e. The van der Waals surface area contributed by atoms with Gasteiger partial charge in [-0.1, -0.05) is 45.8 Å². The fourth-order valence-corrected chi connectivity index (χ4v) is 3.75. The van der Waals surface area contributed by atoms with Gasteiger partial charge in [0.25, 0.3) is 0 Å². The minimum Gasteiger partial charge on any atom is -0.398 e. The average Bonchev–Trinajstić information content (AvgIpc) is 2.27. The standard InChI is InChI=1S/C14H14BrNO2S/c1-10-3-2-4-11(7-10)9-19(17,18)14-6-5-12(15)8-13(14)16/h2-8H,9,16H2,1H3. The molecule has 19 heavy (non-hydrogen) atoms. The van der Waals surface area contributed by atoms with Gasteiger partial charge in [-0.05, 0) is 30.7 Å². The van der Waals surface area contributed by atoms with Gasteiger partial charge in [0.15, 0.2) is 9.84 Å². The number of rotatable bonds is 3. The van der Waals surface area contributed by atoms with Gasteiger partial charge in [-0.3, -0.25) is 0 Å². The zero-order chi connectivity index (χ0) is 14.0. The molecule has 2 N–H and O–H groups in total. The van der Waals surface area contributed by atoms with E-state index in [1.807, 2.05) is 25.1 Å². The first-order chi connectivity index (χ1) is 8.88. The summed E-state index contributed by atoms with van der Waals surface area (Å²) in [6, 6.07) is 12.3. The zero-order valence-electron chi connectivity index (χ0n) is 10.4. The van der Waals surface area contributed by atoms with Gasteiger partial charge in [0.05, 0.1) is 16.3 Å². The number of anilines is 1. The lowest BCUT2D eigenvalue weighted by Crippen LogP contribution is -2.08. The van der Waals surface area contributed by atoms with E-state index in [1.165, 1.54) is 6.07 Å². The van der Waals surface area contributed by atoms with Crippen LogP contribution in [0.2, 0.25) is 0 Å². The lowest BCUT2D eigenvalue weighted by molar-refractivity contribution is 0.595. The van der Waals surface area contributed by atoms with Gasteiger partial charge in [0, 0.05) is 4.47 Å². The summed E-state index contributed by atoms with van der Waals surface area (Å²) >= 11 is 3.26. The monoisotopic (exact) mass is 339 g/mol. The van der Waals surface area contributed by atoms with Gasteiger partial charge in [-0.25, -0.2) is 8.42 Å². The highest BCUT2D eigenvalue weighted by molar-refractivity contribution is 9.10. The van der Waals surface area contributed by atoms with Crippen molar-refractivity contribution >= 4 is 31.5 Å². The first-order valence-corrected chi connectivity index (χ1v) is 8.16. The average molecular weight is 340 g/mol. The van der Waals surface area contributed by atoms with Gasteiger partial charge < -0.3 is 5.73 Å². The molecule has 0 amide bonds. The molecule has 0 aromatic heterocycles. The van der Waals surface area contributed by atoms with E-state index >= 15 is 0 Å². The van der Waals surface area contributed by atoms with E-state index in [1.54, 1.807) is 18.2 Å². The first-order valence-electron chi connectivity index (χ1n) is 5.72. The van der Waals surface area contributed by atoms with Crippen molar-refractivity contribution in [2.24, 2.45) is 0 Å². The summed E-state index contributed by atoms with van der Waals surface area (Å²) in [5.74, 6) is -0.0412. The number of sulfone groups is 1. The van der Waals surface area contributed by atoms with E-state index in [4.69, 9.17) is 5.73 Å².